The zero-order valence-corrected chi connectivity index (χ0v) is 9.56. The summed E-state index contributed by atoms with van der Waals surface area (Å²) in [6.45, 7) is 0.134. The van der Waals surface area contributed by atoms with Gasteiger partial charge in [-0.05, 0) is 12.1 Å². The molecule has 1 fully saturated rings. The van der Waals surface area contributed by atoms with Crippen LogP contribution < -0.4 is 10.1 Å². The Bertz CT molecular complexity index is 489. The molecule has 1 aliphatic rings. The first-order valence-electron chi connectivity index (χ1n) is 5.49. The van der Waals surface area contributed by atoms with Crippen molar-refractivity contribution in [3.05, 3.63) is 29.6 Å². The Morgan fingerprint density at radius 3 is 3.00 bits per heavy atom. The van der Waals surface area contributed by atoms with E-state index in [2.05, 4.69) is 5.32 Å². The van der Waals surface area contributed by atoms with Gasteiger partial charge in [0.2, 0.25) is 0 Å². The minimum Gasteiger partial charge on any atom is -0.486 e. The van der Waals surface area contributed by atoms with Crippen LogP contribution in [0, 0.1) is 17.1 Å². The molecule has 2 unspecified atom stereocenters. The van der Waals surface area contributed by atoms with Gasteiger partial charge in [-0.25, -0.2) is 4.39 Å². The van der Waals surface area contributed by atoms with E-state index in [4.69, 9.17) is 15.1 Å². The molecule has 2 rings (SSSR count). The van der Waals surface area contributed by atoms with Crippen LogP contribution in [0.4, 0.5) is 4.39 Å². The van der Waals surface area contributed by atoms with Gasteiger partial charge in [-0.1, -0.05) is 0 Å². The third-order valence-corrected chi connectivity index (χ3v) is 2.97. The van der Waals surface area contributed by atoms with Crippen LogP contribution in [0.15, 0.2) is 18.2 Å². The normalized spacial score (nSPS) is 26.9. The number of hydrogen-bond acceptors (Lipinski definition) is 5. The number of nitrogens with zero attached hydrogens (tertiary/aromatic N) is 1. The quantitative estimate of drug-likeness (QED) is 0.692. The Morgan fingerprint density at radius 2 is 2.39 bits per heavy atom. The summed E-state index contributed by atoms with van der Waals surface area (Å²) in [5.74, 6) is -0.458. The van der Waals surface area contributed by atoms with E-state index in [0.29, 0.717) is 6.54 Å². The summed E-state index contributed by atoms with van der Waals surface area (Å²) in [5.41, 5.74) is -1.44. The molecule has 0 saturated carbocycles. The average molecular weight is 252 g/mol. The summed E-state index contributed by atoms with van der Waals surface area (Å²) in [6, 6.07) is 5.57. The average Bonchev–Trinajstić information content (AvgIpc) is 2.72. The molecule has 5 nitrogen and oxygen atoms in total. The maximum Gasteiger partial charge on any atom is 0.144 e. The Labute approximate surface area is 103 Å². The minimum absolute atomic E-state index is 0.0654. The maximum absolute atomic E-state index is 13.4. The minimum atomic E-state index is -1.37. The molecule has 6 heteroatoms. The third-order valence-electron chi connectivity index (χ3n) is 2.97. The molecule has 0 aliphatic carbocycles. The molecule has 0 radical (unpaired) electrons. The van der Waals surface area contributed by atoms with Gasteiger partial charge in [0.15, 0.2) is 0 Å². The van der Waals surface area contributed by atoms with Crippen LogP contribution in [0.5, 0.6) is 5.75 Å². The topological polar surface area (TPSA) is 85.5 Å². The summed E-state index contributed by atoms with van der Waals surface area (Å²) in [5, 5.41) is 30.6. The maximum atomic E-state index is 13.4. The molecule has 18 heavy (non-hydrogen) atoms. The number of rotatable bonds is 3. The SMILES string of the molecule is N#Cc1ccc(OC2CNCC2(O)CO)cc1F. The van der Waals surface area contributed by atoms with Crippen LogP contribution in [0.25, 0.3) is 0 Å². The molecule has 0 spiro atoms. The molecule has 1 saturated heterocycles. The molecule has 1 aromatic carbocycles. The van der Waals surface area contributed by atoms with Crippen LogP contribution in [-0.2, 0) is 0 Å². The Balaban J connectivity index is 2.15. The van der Waals surface area contributed by atoms with Crippen molar-refractivity contribution in [2.24, 2.45) is 0 Å². The largest absolute Gasteiger partial charge is 0.486 e. The second kappa shape index (κ2) is 4.90. The fourth-order valence-electron chi connectivity index (χ4n) is 1.86. The molecule has 1 heterocycles. The van der Waals surface area contributed by atoms with Crippen molar-refractivity contribution in [3.63, 3.8) is 0 Å². The predicted molar refractivity (Wildman–Crippen MR) is 60.4 cm³/mol. The number of nitriles is 1. The van der Waals surface area contributed by atoms with Gasteiger partial charge in [-0.2, -0.15) is 5.26 Å². The highest BCUT2D eigenvalue weighted by Gasteiger charge is 2.42. The van der Waals surface area contributed by atoms with E-state index in [-0.39, 0.29) is 17.9 Å². The molecule has 3 N–H and O–H groups in total. The molecule has 96 valence electrons. The smallest absolute Gasteiger partial charge is 0.144 e. The van der Waals surface area contributed by atoms with Gasteiger partial charge < -0.3 is 20.3 Å². The monoisotopic (exact) mass is 252 g/mol. The lowest BCUT2D eigenvalue weighted by Gasteiger charge is -2.27. The first-order chi connectivity index (χ1) is 8.59. The molecule has 1 aliphatic heterocycles. The van der Waals surface area contributed by atoms with Crippen LogP contribution in [0.1, 0.15) is 5.56 Å². The highest BCUT2D eigenvalue weighted by atomic mass is 19.1. The molecular formula is C12H13FN2O3. The second-order valence-corrected chi connectivity index (χ2v) is 4.25. The van der Waals surface area contributed by atoms with Gasteiger partial charge >= 0.3 is 0 Å². The molecule has 1 aromatic rings. The van der Waals surface area contributed by atoms with Crippen LogP contribution in [-0.4, -0.2) is 41.6 Å². The summed E-state index contributed by atoms with van der Waals surface area (Å²) in [6.07, 6.45) is -0.658. The van der Waals surface area contributed by atoms with Crippen molar-refractivity contribution >= 4 is 0 Å². The lowest BCUT2D eigenvalue weighted by molar-refractivity contribution is -0.0632. The molecular weight excluding hydrogens is 239 g/mol. The first-order valence-corrected chi connectivity index (χ1v) is 5.49. The van der Waals surface area contributed by atoms with E-state index in [1.807, 2.05) is 0 Å². The summed E-state index contributed by atoms with van der Waals surface area (Å²) in [7, 11) is 0. The first kappa shape index (κ1) is 12.8. The lowest BCUT2D eigenvalue weighted by Crippen LogP contribution is -2.48. The zero-order valence-electron chi connectivity index (χ0n) is 9.56. The fraction of sp³-hybridized carbons (Fsp3) is 0.417. The van der Waals surface area contributed by atoms with E-state index in [9.17, 15) is 9.50 Å². The number of aliphatic hydroxyl groups is 2. The molecule has 0 amide bonds. The van der Waals surface area contributed by atoms with Gasteiger partial charge in [-0.15, -0.1) is 0 Å². The predicted octanol–water partition coefficient (Wildman–Crippen LogP) is -0.229. The van der Waals surface area contributed by atoms with Crippen molar-refractivity contribution in [1.82, 2.24) is 5.32 Å². The number of hydrogen-bond donors (Lipinski definition) is 3. The van der Waals surface area contributed by atoms with Gasteiger partial charge in [0.1, 0.15) is 29.3 Å². The highest BCUT2D eigenvalue weighted by molar-refractivity contribution is 5.36. The van der Waals surface area contributed by atoms with Crippen molar-refractivity contribution in [2.75, 3.05) is 19.7 Å². The zero-order chi connectivity index (χ0) is 13.2. The fourth-order valence-corrected chi connectivity index (χ4v) is 1.86. The van der Waals surface area contributed by atoms with E-state index in [1.54, 1.807) is 6.07 Å². The van der Waals surface area contributed by atoms with Crippen LogP contribution in [0.3, 0.4) is 0 Å². The third kappa shape index (κ3) is 2.29. The van der Waals surface area contributed by atoms with E-state index in [1.165, 1.54) is 12.1 Å². The number of halogens is 1. The van der Waals surface area contributed by atoms with E-state index in [0.717, 1.165) is 6.07 Å². The standard InChI is InChI=1S/C12H13FN2O3/c13-10-3-9(2-1-8(10)4-14)18-11-5-15-6-12(11,17)7-16/h1-3,11,15-17H,5-7H2. The van der Waals surface area contributed by atoms with Gasteiger partial charge in [0.05, 0.1) is 12.2 Å². The van der Waals surface area contributed by atoms with Gasteiger partial charge in [0.25, 0.3) is 0 Å². The van der Waals surface area contributed by atoms with Crippen LogP contribution in [0.2, 0.25) is 0 Å². The number of β-amino-alcohol motifs (C(OH)–C–C–N with tert-alkyl or cyclic N) is 1. The van der Waals surface area contributed by atoms with E-state index < -0.39 is 24.1 Å². The molecule has 2 atom stereocenters. The second-order valence-electron chi connectivity index (χ2n) is 4.25. The summed E-state index contributed by atoms with van der Waals surface area (Å²) >= 11 is 0. The number of aliphatic hydroxyl groups excluding tert-OH is 1. The van der Waals surface area contributed by atoms with Crippen molar-refractivity contribution in [3.8, 4) is 11.8 Å². The lowest BCUT2D eigenvalue weighted by atomic mass is 10.0. The van der Waals surface area contributed by atoms with Gasteiger partial charge in [0, 0.05) is 19.2 Å². The van der Waals surface area contributed by atoms with Gasteiger partial charge in [-0.3, -0.25) is 0 Å². The Kier molecular flexibility index (Phi) is 3.48. The Morgan fingerprint density at radius 1 is 1.61 bits per heavy atom. The number of benzene rings is 1. The van der Waals surface area contributed by atoms with Crippen molar-refractivity contribution < 1.29 is 19.3 Å². The van der Waals surface area contributed by atoms with Crippen LogP contribution >= 0.6 is 0 Å². The summed E-state index contributed by atoms with van der Waals surface area (Å²) in [4.78, 5) is 0. The molecule has 0 bridgehead atoms. The molecule has 0 aromatic heterocycles. The highest BCUT2D eigenvalue weighted by Crippen LogP contribution is 2.23. The number of ether oxygens (including phenoxy) is 1. The van der Waals surface area contributed by atoms with Crippen molar-refractivity contribution in [1.29, 1.82) is 5.26 Å². The Hall–Kier alpha value is -1.68. The van der Waals surface area contributed by atoms with E-state index >= 15 is 0 Å². The van der Waals surface area contributed by atoms with Crippen molar-refractivity contribution in [2.45, 2.75) is 11.7 Å². The number of nitrogens with one attached hydrogen (secondary N) is 1. The summed E-state index contributed by atoms with van der Waals surface area (Å²) < 4.78 is 18.8.